The van der Waals surface area contributed by atoms with E-state index in [1.54, 1.807) is 40.5 Å². The van der Waals surface area contributed by atoms with Gasteiger partial charge in [-0.15, -0.1) is 0 Å². The minimum atomic E-state index is -0.0663. The molecule has 20 heavy (non-hydrogen) atoms. The predicted octanol–water partition coefficient (Wildman–Crippen LogP) is 2.89. The maximum absolute atomic E-state index is 12.5. The molecule has 0 saturated carbocycles. The van der Waals surface area contributed by atoms with Gasteiger partial charge in [0.15, 0.2) is 0 Å². The smallest absolute Gasteiger partial charge is 0.292 e. The Hall–Kier alpha value is -2.14. The van der Waals surface area contributed by atoms with Crippen molar-refractivity contribution in [3.63, 3.8) is 0 Å². The summed E-state index contributed by atoms with van der Waals surface area (Å²) in [6.45, 7) is 3.22. The van der Waals surface area contributed by atoms with Gasteiger partial charge in [-0.05, 0) is 30.7 Å². The lowest BCUT2D eigenvalue weighted by Gasteiger charge is -2.19. The van der Waals surface area contributed by atoms with Crippen LogP contribution in [0.25, 0.3) is 0 Å². The Kier molecular flexibility index (Phi) is 3.28. The van der Waals surface area contributed by atoms with Crippen molar-refractivity contribution >= 4 is 29.0 Å². The van der Waals surface area contributed by atoms with Crippen LogP contribution in [-0.4, -0.2) is 29.1 Å². The Morgan fingerprint density at radius 2 is 2.00 bits per heavy atom. The van der Waals surface area contributed by atoms with Gasteiger partial charge in [0.1, 0.15) is 5.15 Å². The molecule has 102 valence electrons. The molecule has 3 rings (SSSR count). The molecule has 2 amide bonds. The number of halogens is 1. The molecular formula is C14H13ClN4O. The van der Waals surface area contributed by atoms with Crippen molar-refractivity contribution < 1.29 is 4.79 Å². The summed E-state index contributed by atoms with van der Waals surface area (Å²) in [7, 11) is 0. The minimum absolute atomic E-state index is 0.0663. The molecule has 0 N–H and O–H groups in total. The van der Waals surface area contributed by atoms with Gasteiger partial charge in [0.05, 0.1) is 17.6 Å². The maximum atomic E-state index is 12.5. The number of amides is 2. The summed E-state index contributed by atoms with van der Waals surface area (Å²) in [6.07, 6.45) is 5.04. The van der Waals surface area contributed by atoms with Crippen LogP contribution >= 0.6 is 11.6 Å². The van der Waals surface area contributed by atoms with Crippen LogP contribution in [0.5, 0.6) is 0 Å². The van der Waals surface area contributed by atoms with Crippen LogP contribution in [0.2, 0.25) is 5.15 Å². The molecule has 2 aromatic heterocycles. The molecule has 0 unspecified atom stereocenters. The van der Waals surface area contributed by atoms with Crippen molar-refractivity contribution in [2.45, 2.75) is 6.92 Å². The number of anilines is 2. The quantitative estimate of drug-likeness (QED) is 0.799. The second-order valence-corrected chi connectivity index (χ2v) is 4.97. The second-order valence-electron chi connectivity index (χ2n) is 4.58. The number of pyridine rings is 2. The Balaban J connectivity index is 1.90. The SMILES string of the molecule is Cc1ccncc1N1CCN(c2ccnc(Cl)c2)C1=O. The molecule has 1 saturated heterocycles. The van der Waals surface area contributed by atoms with Crippen molar-refractivity contribution in [1.82, 2.24) is 9.97 Å². The summed E-state index contributed by atoms with van der Waals surface area (Å²) < 4.78 is 0. The van der Waals surface area contributed by atoms with Crippen LogP contribution in [0.3, 0.4) is 0 Å². The van der Waals surface area contributed by atoms with Gasteiger partial charge in [0, 0.05) is 25.5 Å². The molecule has 3 heterocycles. The summed E-state index contributed by atoms with van der Waals surface area (Å²) in [6, 6.07) is 5.31. The molecule has 1 fully saturated rings. The Morgan fingerprint density at radius 3 is 2.75 bits per heavy atom. The number of carbonyl (C=O) groups is 1. The molecule has 2 aromatic rings. The van der Waals surface area contributed by atoms with Gasteiger partial charge < -0.3 is 0 Å². The first-order valence-electron chi connectivity index (χ1n) is 6.28. The number of carbonyl (C=O) groups excluding carboxylic acids is 1. The molecule has 0 bridgehead atoms. The molecule has 6 heteroatoms. The fraction of sp³-hybridized carbons (Fsp3) is 0.214. The van der Waals surface area contributed by atoms with E-state index in [2.05, 4.69) is 9.97 Å². The van der Waals surface area contributed by atoms with Gasteiger partial charge in [-0.2, -0.15) is 0 Å². The number of urea groups is 1. The number of rotatable bonds is 2. The molecule has 1 aliphatic heterocycles. The molecule has 5 nitrogen and oxygen atoms in total. The topological polar surface area (TPSA) is 49.3 Å². The van der Waals surface area contributed by atoms with Crippen LogP contribution in [0.1, 0.15) is 5.56 Å². The van der Waals surface area contributed by atoms with Crippen molar-refractivity contribution in [3.8, 4) is 0 Å². The number of hydrogen-bond acceptors (Lipinski definition) is 3. The summed E-state index contributed by atoms with van der Waals surface area (Å²) in [5, 5.41) is 0.381. The van der Waals surface area contributed by atoms with Crippen LogP contribution < -0.4 is 9.80 Å². The van der Waals surface area contributed by atoms with Crippen molar-refractivity contribution in [1.29, 1.82) is 0 Å². The number of hydrogen-bond donors (Lipinski definition) is 0. The van der Waals surface area contributed by atoms with E-state index in [4.69, 9.17) is 11.6 Å². The molecule has 0 aliphatic carbocycles. The Morgan fingerprint density at radius 1 is 1.20 bits per heavy atom. The monoisotopic (exact) mass is 288 g/mol. The molecule has 0 aromatic carbocycles. The second kappa shape index (κ2) is 5.09. The maximum Gasteiger partial charge on any atom is 0.329 e. The zero-order valence-corrected chi connectivity index (χ0v) is 11.7. The van der Waals surface area contributed by atoms with Crippen molar-refractivity contribution in [2.75, 3.05) is 22.9 Å². The van der Waals surface area contributed by atoms with Gasteiger partial charge in [-0.1, -0.05) is 11.6 Å². The van der Waals surface area contributed by atoms with Gasteiger partial charge in [0.25, 0.3) is 0 Å². The summed E-state index contributed by atoms with van der Waals surface area (Å²) >= 11 is 5.88. The van der Waals surface area contributed by atoms with E-state index < -0.39 is 0 Å². The van der Waals surface area contributed by atoms with Gasteiger partial charge in [0.2, 0.25) is 0 Å². The van der Waals surface area contributed by atoms with Crippen molar-refractivity contribution in [3.05, 3.63) is 47.5 Å². The van der Waals surface area contributed by atoms with E-state index in [-0.39, 0.29) is 6.03 Å². The summed E-state index contributed by atoms with van der Waals surface area (Å²) in [4.78, 5) is 24.0. The fourth-order valence-corrected chi connectivity index (χ4v) is 2.47. The number of aromatic nitrogens is 2. The lowest BCUT2D eigenvalue weighted by atomic mass is 10.2. The Labute approximate surface area is 121 Å². The van der Waals surface area contributed by atoms with Crippen LogP contribution in [0.15, 0.2) is 36.8 Å². The highest BCUT2D eigenvalue weighted by atomic mass is 35.5. The zero-order valence-electron chi connectivity index (χ0n) is 11.0. The lowest BCUT2D eigenvalue weighted by molar-refractivity contribution is 0.256. The molecule has 0 radical (unpaired) electrons. The van der Waals surface area contributed by atoms with Crippen LogP contribution in [0.4, 0.5) is 16.2 Å². The van der Waals surface area contributed by atoms with Gasteiger partial charge in [-0.3, -0.25) is 14.8 Å². The normalized spacial score (nSPS) is 15.0. The molecule has 0 atom stereocenters. The predicted molar refractivity (Wildman–Crippen MR) is 78.3 cm³/mol. The summed E-state index contributed by atoms with van der Waals surface area (Å²) in [5.74, 6) is 0. The van der Waals surface area contributed by atoms with E-state index in [1.807, 2.05) is 13.0 Å². The standard InChI is InChI=1S/C14H13ClN4O/c1-10-2-4-16-9-12(10)19-7-6-18(14(19)20)11-3-5-17-13(15)8-11/h2-5,8-9H,6-7H2,1H3. The van der Waals surface area contributed by atoms with Crippen molar-refractivity contribution in [2.24, 2.45) is 0 Å². The summed E-state index contributed by atoms with van der Waals surface area (Å²) in [5.41, 5.74) is 2.64. The molecular weight excluding hydrogens is 276 g/mol. The highest BCUT2D eigenvalue weighted by Crippen LogP contribution is 2.27. The first kappa shape index (κ1) is 12.9. The van der Waals surface area contributed by atoms with Crippen LogP contribution in [0, 0.1) is 6.92 Å². The molecule has 1 aliphatic rings. The third-order valence-electron chi connectivity index (χ3n) is 3.33. The van der Waals surface area contributed by atoms with E-state index in [0.717, 1.165) is 16.9 Å². The average Bonchev–Trinajstić information content (AvgIpc) is 2.81. The van der Waals surface area contributed by atoms with E-state index >= 15 is 0 Å². The number of aryl methyl sites for hydroxylation is 1. The first-order chi connectivity index (χ1) is 9.66. The number of nitrogens with zero attached hydrogens (tertiary/aromatic N) is 4. The first-order valence-corrected chi connectivity index (χ1v) is 6.66. The largest absolute Gasteiger partial charge is 0.329 e. The van der Waals surface area contributed by atoms with E-state index in [1.165, 1.54) is 0 Å². The minimum Gasteiger partial charge on any atom is -0.292 e. The highest BCUT2D eigenvalue weighted by molar-refractivity contribution is 6.29. The van der Waals surface area contributed by atoms with Crippen LogP contribution in [-0.2, 0) is 0 Å². The van der Waals surface area contributed by atoms with E-state index in [9.17, 15) is 4.79 Å². The zero-order chi connectivity index (χ0) is 14.1. The van der Waals surface area contributed by atoms with E-state index in [0.29, 0.717) is 18.2 Å². The van der Waals surface area contributed by atoms with Gasteiger partial charge in [-0.25, -0.2) is 9.78 Å². The third-order valence-corrected chi connectivity index (χ3v) is 3.54. The van der Waals surface area contributed by atoms with Gasteiger partial charge >= 0.3 is 6.03 Å². The highest BCUT2D eigenvalue weighted by Gasteiger charge is 2.31. The fourth-order valence-electron chi connectivity index (χ4n) is 2.30. The molecule has 0 spiro atoms. The third kappa shape index (κ3) is 2.20. The lowest BCUT2D eigenvalue weighted by Crippen LogP contribution is -2.32. The Bertz CT molecular complexity index is 661. The average molecular weight is 289 g/mol.